The Morgan fingerprint density at radius 1 is 1.48 bits per heavy atom. The fourth-order valence-corrected chi connectivity index (χ4v) is 2.88. The highest BCUT2D eigenvalue weighted by Gasteiger charge is 2.35. The van der Waals surface area contributed by atoms with Gasteiger partial charge in [0.25, 0.3) is 5.91 Å². The fraction of sp³-hybridized carbons (Fsp3) is 0.429. The number of carbonyl (C=O) groups is 1. The number of rotatable bonds is 2. The number of nitrogens with zero attached hydrogens (tertiary/aromatic N) is 2. The Morgan fingerprint density at radius 3 is 2.87 bits per heavy atom. The van der Waals surface area contributed by atoms with Crippen LogP contribution in [0.15, 0.2) is 22.9 Å². The standard InChI is InChI=1S/C14H13ClF3N3O2/c15-11-9(3-5-23-11)13(22)21-4-1-2-8(7-21)12-19-6-10(20-12)14(16,17)18/h3,5-6,8H,1-2,4,7H2,(H,19,20)/t8-/m0/s1. The first kappa shape index (κ1) is 15.9. The molecule has 1 amide bonds. The summed E-state index contributed by atoms with van der Waals surface area (Å²) in [6.07, 6.45) is -1.02. The van der Waals surface area contributed by atoms with Crippen LogP contribution in [0.25, 0.3) is 0 Å². The van der Waals surface area contributed by atoms with Crippen LogP contribution in [0.2, 0.25) is 5.22 Å². The van der Waals surface area contributed by atoms with E-state index in [-0.39, 0.29) is 35.0 Å². The molecule has 3 heterocycles. The Bertz CT molecular complexity index is 710. The smallest absolute Gasteiger partial charge is 0.432 e. The summed E-state index contributed by atoms with van der Waals surface area (Å²) in [7, 11) is 0. The summed E-state index contributed by atoms with van der Waals surface area (Å²) in [6, 6.07) is 1.48. The van der Waals surface area contributed by atoms with Gasteiger partial charge in [0.2, 0.25) is 5.22 Å². The topological polar surface area (TPSA) is 62.1 Å². The summed E-state index contributed by atoms with van der Waals surface area (Å²) < 4.78 is 42.8. The molecule has 0 bridgehead atoms. The highest BCUT2D eigenvalue weighted by Crippen LogP contribution is 2.31. The van der Waals surface area contributed by atoms with Crippen LogP contribution in [0.5, 0.6) is 0 Å². The van der Waals surface area contributed by atoms with E-state index in [1.807, 2.05) is 0 Å². The lowest BCUT2D eigenvalue weighted by molar-refractivity contribution is -0.141. The van der Waals surface area contributed by atoms with Gasteiger partial charge >= 0.3 is 6.18 Å². The second-order valence-corrected chi connectivity index (χ2v) is 5.72. The lowest BCUT2D eigenvalue weighted by Gasteiger charge is -2.31. The summed E-state index contributed by atoms with van der Waals surface area (Å²) in [5.41, 5.74) is -0.628. The number of alkyl halides is 3. The molecule has 2 aromatic heterocycles. The molecule has 23 heavy (non-hydrogen) atoms. The summed E-state index contributed by atoms with van der Waals surface area (Å²) >= 11 is 5.80. The van der Waals surface area contributed by atoms with Gasteiger partial charge in [-0.15, -0.1) is 0 Å². The zero-order valence-electron chi connectivity index (χ0n) is 11.9. The van der Waals surface area contributed by atoms with E-state index in [1.165, 1.54) is 12.3 Å². The number of amides is 1. The van der Waals surface area contributed by atoms with Gasteiger partial charge in [-0.3, -0.25) is 4.79 Å². The van der Waals surface area contributed by atoms with Crippen LogP contribution in [-0.2, 0) is 6.18 Å². The van der Waals surface area contributed by atoms with Crippen LogP contribution in [0.3, 0.4) is 0 Å². The third kappa shape index (κ3) is 3.21. The molecule has 0 saturated carbocycles. The van der Waals surface area contributed by atoms with E-state index in [2.05, 4.69) is 9.97 Å². The number of likely N-dealkylation sites (tertiary alicyclic amines) is 1. The summed E-state index contributed by atoms with van der Waals surface area (Å²) in [6.45, 7) is 0.800. The van der Waals surface area contributed by atoms with Crippen molar-refractivity contribution in [2.75, 3.05) is 13.1 Å². The van der Waals surface area contributed by atoms with Crippen molar-refractivity contribution in [1.82, 2.24) is 14.9 Å². The van der Waals surface area contributed by atoms with Crippen molar-refractivity contribution in [2.45, 2.75) is 24.9 Å². The Labute approximate surface area is 134 Å². The number of aromatic nitrogens is 2. The van der Waals surface area contributed by atoms with Gasteiger partial charge in [-0.05, 0) is 30.5 Å². The number of aromatic amines is 1. The van der Waals surface area contributed by atoms with E-state index < -0.39 is 11.9 Å². The molecular weight excluding hydrogens is 335 g/mol. The van der Waals surface area contributed by atoms with Gasteiger partial charge in [0.15, 0.2) is 0 Å². The maximum Gasteiger partial charge on any atom is 0.432 e. The van der Waals surface area contributed by atoms with E-state index in [0.29, 0.717) is 19.4 Å². The van der Waals surface area contributed by atoms with Gasteiger partial charge < -0.3 is 14.3 Å². The van der Waals surface area contributed by atoms with Crippen molar-refractivity contribution in [3.63, 3.8) is 0 Å². The van der Waals surface area contributed by atoms with Gasteiger partial charge in [-0.2, -0.15) is 13.2 Å². The molecule has 0 aliphatic carbocycles. The van der Waals surface area contributed by atoms with Gasteiger partial charge in [0.05, 0.1) is 18.0 Å². The first-order valence-corrected chi connectivity index (χ1v) is 7.38. The molecule has 5 nitrogen and oxygen atoms in total. The highest BCUT2D eigenvalue weighted by atomic mass is 35.5. The number of hydrogen-bond donors (Lipinski definition) is 1. The van der Waals surface area contributed by atoms with E-state index in [1.54, 1.807) is 4.90 Å². The minimum atomic E-state index is -4.46. The monoisotopic (exact) mass is 347 g/mol. The normalized spacial score (nSPS) is 19.1. The van der Waals surface area contributed by atoms with Gasteiger partial charge in [-0.25, -0.2) is 4.98 Å². The molecule has 1 fully saturated rings. The Balaban J connectivity index is 1.75. The number of H-pyrrole nitrogens is 1. The van der Waals surface area contributed by atoms with Crippen molar-refractivity contribution in [3.8, 4) is 0 Å². The molecule has 1 aliphatic heterocycles. The number of furan rings is 1. The van der Waals surface area contributed by atoms with Crippen LogP contribution in [-0.4, -0.2) is 33.9 Å². The first-order chi connectivity index (χ1) is 10.9. The Morgan fingerprint density at radius 2 is 2.26 bits per heavy atom. The second kappa shape index (κ2) is 5.92. The number of imidazole rings is 1. The molecule has 124 valence electrons. The van der Waals surface area contributed by atoms with E-state index in [9.17, 15) is 18.0 Å². The zero-order valence-corrected chi connectivity index (χ0v) is 12.6. The largest absolute Gasteiger partial charge is 0.452 e. The Kier molecular flexibility index (Phi) is 4.09. The molecule has 0 aromatic carbocycles. The average Bonchev–Trinajstić information content (AvgIpc) is 3.15. The third-order valence-corrected chi connectivity index (χ3v) is 4.14. The van der Waals surface area contributed by atoms with Crippen LogP contribution >= 0.6 is 11.6 Å². The van der Waals surface area contributed by atoms with Crippen LogP contribution < -0.4 is 0 Å². The number of piperidine rings is 1. The second-order valence-electron chi connectivity index (χ2n) is 5.38. The summed E-state index contributed by atoms with van der Waals surface area (Å²) in [4.78, 5) is 20.1. The molecular formula is C14H13ClF3N3O2. The molecule has 2 aromatic rings. The van der Waals surface area contributed by atoms with Crippen molar-refractivity contribution in [1.29, 1.82) is 0 Å². The average molecular weight is 348 g/mol. The fourth-order valence-electron chi connectivity index (χ4n) is 2.69. The number of hydrogen-bond acceptors (Lipinski definition) is 3. The van der Waals surface area contributed by atoms with Gasteiger partial charge in [-0.1, -0.05) is 0 Å². The van der Waals surface area contributed by atoms with Crippen LogP contribution in [0, 0.1) is 0 Å². The van der Waals surface area contributed by atoms with Crippen LogP contribution in [0.1, 0.15) is 40.6 Å². The summed E-state index contributed by atoms with van der Waals surface area (Å²) in [5.74, 6) is -0.321. The molecule has 1 aliphatic rings. The van der Waals surface area contributed by atoms with Crippen LogP contribution in [0.4, 0.5) is 13.2 Å². The highest BCUT2D eigenvalue weighted by molar-refractivity contribution is 6.32. The van der Waals surface area contributed by atoms with Crippen molar-refractivity contribution in [2.24, 2.45) is 0 Å². The third-order valence-electron chi connectivity index (χ3n) is 3.84. The quantitative estimate of drug-likeness (QED) is 0.901. The minimum absolute atomic E-state index is 0.00878. The molecule has 0 unspecified atom stereocenters. The molecule has 0 spiro atoms. The molecule has 1 N–H and O–H groups in total. The minimum Gasteiger partial charge on any atom is -0.452 e. The lowest BCUT2D eigenvalue weighted by atomic mass is 9.97. The van der Waals surface area contributed by atoms with Crippen molar-refractivity contribution >= 4 is 17.5 Å². The van der Waals surface area contributed by atoms with E-state index in [0.717, 1.165) is 6.20 Å². The Hall–Kier alpha value is -1.96. The predicted molar refractivity (Wildman–Crippen MR) is 75.2 cm³/mol. The maximum atomic E-state index is 12.6. The first-order valence-electron chi connectivity index (χ1n) is 7.00. The SMILES string of the molecule is O=C(c1ccoc1Cl)N1CCC[C@H](c2ncc(C(F)(F)F)[nH]2)C1. The summed E-state index contributed by atoms with van der Waals surface area (Å²) in [5, 5.41) is 0.00878. The zero-order chi connectivity index (χ0) is 16.6. The lowest BCUT2D eigenvalue weighted by Crippen LogP contribution is -2.39. The van der Waals surface area contributed by atoms with E-state index >= 15 is 0 Å². The van der Waals surface area contributed by atoms with E-state index in [4.69, 9.17) is 16.0 Å². The molecule has 3 rings (SSSR count). The number of halogens is 4. The molecule has 1 saturated heterocycles. The maximum absolute atomic E-state index is 12.6. The predicted octanol–water partition coefficient (Wildman–Crippen LogP) is 3.69. The van der Waals surface area contributed by atoms with Crippen molar-refractivity contribution in [3.05, 3.63) is 40.8 Å². The van der Waals surface area contributed by atoms with Crippen molar-refractivity contribution < 1.29 is 22.4 Å². The molecule has 1 atom stereocenters. The number of nitrogens with one attached hydrogen (secondary N) is 1. The molecule has 9 heteroatoms. The molecule has 0 radical (unpaired) electrons. The van der Waals surface area contributed by atoms with Gasteiger partial charge in [0, 0.05) is 19.0 Å². The number of carbonyl (C=O) groups excluding carboxylic acids is 1. The van der Waals surface area contributed by atoms with Gasteiger partial charge in [0.1, 0.15) is 11.5 Å².